The summed E-state index contributed by atoms with van der Waals surface area (Å²) in [5.74, 6) is -2.94. The summed E-state index contributed by atoms with van der Waals surface area (Å²) in [6.45, 7) is 2.88. The molecule has 0 aliphatic carbocycles. The van der Waals surface area contributed by atoms with E-state index in [0.29, 0.717) is 5.69 Å². The molecule has 0 radical (unpaired) electrons. The first-order chi connectivity index (χ1) is 15.0. The van der Waals surface area contributed by atoms with Crippen molar-refractivity contribution in [3.63, 3.8) is 0 Å². The van der Waals surface area contributed by atoms with Gasteiger partial charge in [-0.15, -0.1) is 0 Å². The average molecular weight is 464 g/mol. The van der Waals surface area contributed by atoms with E-state index in [1.165, 1.54) is 58.4 Å². The Morgan fingerprint density at radius 1 is 1.00 bits per heavy atom. The molecule has 1 aromatic heterocycles. The fourth-order valence-electron chi connectivity index (χ4n) is 2.51. The standard InChI is InChI=1S/C19H20N4O8S/c1-19(2)30-16(24)13(17(25)31-19)10-20-11-5-7-12(8-6-11)32(26,27)23-14-9-15(28-3)22-18(21-14)29-4/h5-10,20H,1-4H3,(H,21,22,23). The molecule has 1 saturated heterocycles. The summed E-state index contributed by atoms with van der Waals surface area (Å²) in [5, 5.41) is 2.73. The average Bonchev–Trinajstić information content (AvgIpc) is 2.72. The zero-order valence-corrected chi connectivity index (χ0v) is 18.3. The van der Waals surface area contributed by atoms with E-state index in [1.54, 1.807) is 0 Å². The second-order valence-electron chi connectivity index (χ2n) is 6.79. The van der Waals surface area contributed by atoms with Gasteiger partial charge in [-0.2, -0.15) is 9.97 Å². The van der Waals surface area contributed by atoms with Gasteiger partial charge in [0.2, 0.25) is 5.88 Å². The first-order valence-corrected chi connectivity index (χ1v) is 10.5. The van der Waals surface area contributed by atoms with Gasteiger partial charge in [-0.3, -0.25) is 4.72 Å². The molecule has 170 valence electrons. The van der Waals surface area contributed by atoms with Crippen molar-refractivity contribution in [2.75, 3.05) is 24.3 Å². The molecule has 1 aliphatic heterocycles. The van der Waals surface area contributed by atoms with Gasteiger partial charge in [0.15, 0.2) is 11.4 Å². The third-order valence-corrected chi connectivity index (χ3v) is 5.35. The number of hydrogen-bond donors (Lipinski definition) is 2. The number of hydrogen-bond acceptors (Lipinski definition) is 11. The Bertz CT molecular complexity index is 1130. The minimum absolute atomic E-state index is 0.0436. The molecule has 3 rings (SSSR count). The highest BCUT2D eigenvalue weighted by Crippen LogP contribution is 2.24. The van der Waals surface area contributed by atoms with Crippen LogP contribution in [0, 0.1) is 0 Å². The fraction of sp³-hybridized carbons (Fsp3) is 0.263. The number of rotatable bonds is 7. The Balaban J connectivity index is 1.74. The lowest BCUT2D eigenvalue weighted by Gasteiger charge is -2.29. The Morgan fingerprint density at radius 3 is 2.19 bits per heavy atom. The second kappa shape index (κ2) is 8.70. The lowest BCUT2D eigenvalue weighted by atomic mass is 10.2. The van der Waals surface area contributed by atoms with Crippen LogP contribution < -0.4 is 19.5 Å². The first kappa shape index (κ1) is 22.8. The highest BCUT2D eigenvalue weighted by molar-refractivity contribution is 7.92. The van der Waals surface area contributed by atoms with Gasteiger partial charge in [-0.05, 0) is 24.3 Å². The number of cyclic esters (lactones) is 2. The Labute approximate surface area is 183 Å². The highest BCUT2D eigenvalue weighted by Gasteiger charge is 2.38. The van der Waals surface area contributed by atoms with Crippen LogP contribution in [0.15, 0.2) is 47.0 Å². The van der Waals surface area contributed by atoms with Crippen molar-refractivity contribution < 1.29 is 37.0 Å². The van der Waals surface area contributed by atoms with Crippen LogP contribution in [0.25, 0.3) is 0 Å². The van der Waals surface area contributed by atoms with Crippen LogP contribution >= 0.6 is 0 Å². The number of anilines is 2. The number of sulfonamides is 1. The molecule has 1 aromatic carbocycles. The van der Waals surface area contributed by atoms with Gasteiger partial charge in [0.1, 0.15) is 0 Å². The zero-order chi connectivity index (χ0) is 23.5. The van der Waals surface area contributed by atoms with Crippen molar-refractivity contribution in [1.82, 2.24) is 9.97 Å². The number of aromatic nitrogens is 2. The van der Waals surface area contributed by atoms with Gasteiger partial charge in [0, 0.05) is 31.8 Å². The van der Waals surface area contributed by atoms with Crippen LogP contribution in [-0.4, -0.2) is 50.3 Å². The van der Waals surface area contributed by atoms with Gasteiger partial charge in [-0.25, -0.2) is 18.0 Å². The number of esters is 2. The van der Waals surface area contributed by atoms with E-state index in [-0.39, 0.29) is 28.2 Å². The summed E-state index contributed by atoms with van der Waals surface area (Å²) in [7, 11) is -1.28. The van der Waals surface area contributed by atoms with Gasteiger partial charge in [-0.1, -0.05) is 0 Å². The monoisotopic (exact) mass is 464 g/mol. The highest BCUT2D eigenvalue weighted by atomic mass is 32.2. The van der Waals surface area contributed by atoms with Crippen molar-refractivity contribution in [2.45, 2.75) is 24.5 Å². The van der Waals surface area contributed by atoms with E-state index in [1.807, 2.05) is 0 Å². The predicted octanol–water partition coefficient (Wildman–Crippen LogP) is 1.43. The van der Waals surface area contributed by atoms with Crippen molar-refractivity contribution in [3.8, 4) is 11.9 Å². The number of methoxy groups -OCH3 is 2. The van der Waals surface area contributed by atoms with Crippen LogP contribution in [0.5, 0.6) is 11.9 Å². The second-order valence-corrected chi connectivity index (χ2v) is 8.48. The molecule has 2 N–H and O–H groups in total. The molecule has 2 heterocycles. The molecule has 1 aliphatic rings. The first-order valence-electron chi connectivity index (χ1n) is 9.06. The number of ether oxygens (including phenoxy) is 4. The van der Waals surface area contributed by atoms with Crippen LogP contribution in [0.1, 0.15) is 13.8 Å². The minimum Gasteiger partial charge on any atom is -0.481 e. The Morgan fingerprint density at radius 2 is 1.62 bits per heavy atom. The molecule has 2 aromatic rings. The smallest absolute Gasteiger partial charge is 0.350 e. The molecule has 0 atom stereocenters. The number of nitrogens with zero attached hydrogens (tertiary/aromatic N) is 2. The van der Waals surface area contributed by atoms with E-state index >= 15 is 0 Å². The molecule has 0 spiro atoms. The van der Waals surface area contributed by atoms with Crippen LogP contribution in [0.4, 0.5) is 11.5 Å². The molecule has 1 fully saturated rings. The van der Waals surface area contributed by atoms with Crippen LogP contribution in [0.3, 0.4) is 0 Å². The van der Waals surface area contributed by atoms with E-state index in [2.05, 4.69) is 20.0 Å². The quantitative estimate of drug-likeness (QED) is 0.347. The van der Waals surface area contributed by atoms with Crippen LogP contribution in [0.2, 0.25) is 0 Å². The van der Waals surface area contributed by atoms with Crippen molar-refractivity contribution in [3.05, 3.63) is 42.1 Å². The zero-order valence-electron chi connectivity index (χ0n) is 17.5. The summed E-state index contributed by atoms with van der Waals surface area (Å²) in [4.78, 5) is 31.6. The van der Waals surface area contributed by atoms with Gasteiger partial charge in [0.25, 0.3) is 15.8 Å². The number of benzene rings is 1. The molecule has 0 saturated carbocycles. The van der Waals surface area contributed by atoms with Crippen LogP contribution in [-0.2, 0) is 29.1 Å². The third kappa shape index (κ3) is 5.24. The normalized spacial score (nSPS) is 15.3. The maximum absolute atomic E-state index is 12.7. The number of carbonyl (C=O) groups excluding carboxylic acids is 2. The Hall–Kier alpha value is -3.87. The number of nitrogens with one attached hydrogen (secondary N) is 2. The summed E-state index contributed by atoms with van der Waals surface area (Å²) >= 11 is 0. The lowest BCUT2D eigenvalue weighted by Crippen LogP contribution is -2.42. The van der Waals surface area contributed by atoms with Gasteiger partial charge >= 0.3 is 17.9 Å². The predicted molar refractivity (Wildman–Crippen MR) is 110 cm³/mol. The van der Waals surface area contributed by atoms with E-state index < -0.39 is 27.7 Å². The molecule has 0 bridgehead atoms. The van der Waals surface area contributed by atoms with E-state index in [0.717, 1.165) is 6.20 Å². The Kier molecular flexibility index (Phi) is 6.20. The van der Waals surface area contributed by atoms with Gasteiger partial charge in [0.05, 0.1) is 19.1 Å². The van der Waals surface area contributed by atoms with Crippen molar-refractivity contribution in [2.24, 2.45) is 0 Å². The summed E-state index contributed by atoms with van der Waals surface area (Å²) in [6, 6.07) is 6.75. The van der Waals surface area contributed by atoms with E-state index in [9.17, 15) is 18.0 Å². The lowest BCUT2D eigenvalue weighted by molar-refractivity contribution is -0.222. The SMILES string of the molecule is COc1cc(NS(=O)(=O)c2ccc(NC=C3C(=O)OC(C)(C)OC3=O)cc2)nc(OC)n1. The fourth-order valence-corrected chi connectivity index (χ4v) is 3.50. The summed E-state index contributed by atoms with van der Waals surface area (Å²) < 4.78 is 47.5. The maximum Gasteiger partial charge on any atom is 0.350 e. The molecule has 12 nitrogen and oxygen atoms in total. The minimum atomic E-state index is -3.99. The molecule has 0 amide bonds. The summed E-state index contributed by atoms with van der Waals surface area (Å²) in [5.41, 5.74) is 0.0848. The molecule has 32 heavy (non-hydrogen) atoms. The summed E-state index contributed by atoms with van der Waals surface area (Å²) in [6.07, 6.45) is 1.13. The van der Waals surface area contributed by atoms with E-state index in [4.69, 9.17) is 18.9 Å². The topological polar surface area (TPSA) is 155 Å². The van der Waals surface area contributed by atoms with Crippen molar-refractivity contribution >= 4 is 33.5 Å². The third-order valence-electron chi connectivity index (χ3n) is 3.98. The van der Waals surface area contributed by atoms with Gasteiger partial charge < -0.3 is 24.3 Å². The molecule has 0 unspecified atom stereocenters. The molecule has 13 heteroatoms. The molecular formula is C19H20N4O8S. The molecular weight excluding hydrogens is 444 g/mol. The number of carbonyl (C=O) groups is 2. The maximum atomic E-state index is 12.7. The largest absolute Gasteiger partial charge is 0.481 e. The van der Waals surface area contributed by atoms with Crippen molar-refractivity contribution in [1.29, 1.82) is 0 Å².